The van der Waals surface area contributed by atoms with Crippen LogP contribution in [0.1, 0.15) is 40.0 Å². The minimum absolute atomic E-state index is 0.0358. The van der Waals surface area contributed by atoms with Gasteiger partial charge in [-0.05, 0) is 30.9 Å². The van der Waals surface area contributed by atoms with Crippen molar-refractivity contribution < 1.29 is 17.6 Å². The van der Waals surface area contributed by atoms with Gasteiger partial charge < -0.3 is 9.47 Å². The standard InChI is InChI=1S/C22H31FN4O3S2/c1-4-5-11-26(17-10-12-32(29,30)15-17)20(28)14-31-22-25-24-21(27(22)13-16(2)3)18-8-6-7-9-19(18)23/h6-9,16-17H,4-5,10-15H2,1-3H3. The van der Waals surface area contributed by atoms with Crippen LogP contribution in [0.15, 0.2) is 29.4 Å². The lowest BCUT2D eigenvalue weighted by Gasteiger charge is -2.28. The Labute approximate surface area is 193 Å². The van der Waals surface area contributed by atoms with Crippen molar-refractivity contribution >= 4 is 27.5 Å². The fourth-order valence-corrected chi connectivity index (χ4v) is 6.40. The molecule has 1 aromatic heterocycles. The number of benzene rings is 1. The van der Waals surface area contributed by atoms with Gasteiger partial charge in [-0.2, -0.15) is 0 Å². The van der Waals surface area contributed by atoms with Crippen LogP contribution in [-0.2, 0) is 21.2 Å². The van der Waals surface area contributed by atoms with Gasteiger partial charge in [-0.1, -0.05) is 51.1 Å². The average molecular weight is 483 g/mol. The van der Waals surface area contributed by atoms with Crippen LogP contribution in [0.4, 0.5) is 4.39 Å². The van der Waals surface area contributed by atoms with Crippen LogP contribution >= 0.6 is 11.8 Å². The van der Waals surface area contributed by atoms with Gasteiger partial charge in [0, 0.05) is 19.1 Å². The third-order valence-corrected chi connectivity index (χ3v) is 8.13. The summed E-state index contributed by atoms with van der Waals surface area (Å²) in [6, 6.07) is 6.18. The van der Waals surface area contributed by atoms with Crippen LogP contribution < -0.4 is 0 Å². The zero-order chi connectivity index (χ0) is 23.3. The van der Waals surface area contributed by atoms with Crippen LogP contribution in [0.5, 0.6) is 0 Å². The fraction of sp³-hybridized carbons (Fsp3) is 0.591. The van der Waals surface area contributed by atoms with Crippen LogP contribution in [-0.4, -0.2) is 63.8 Å². The molecule has 1 aliphatic rings. The number of unbranched alkanes of at least 4 members (excludes halogenated alkanes) is 1. The molecule has 2 aromatic rings. The van der Waals surface area contributed by atoms with Crippen molar-refractivity contribution in [2.45, 2.75) is 57.8 Å². The molecule has 10 heteroatoms. The summed E-state index contributed by atoms with van der Waals surface area (Å²) < 4.78 is 40.1. The van der Waals surface area contributed by atoms with Gasteiger partial charge in [0.05, 0.1) is 22.8 Å². The van der Waals surface area contributed by atoms with Crippen molar-refractivity contribution in [1.29, 1.82) is 0 Å². The number of amides is 1. The van der Waals surface area contributed by atoms with Gasteiger partial charge in [0.15, 0.2) is 20.8 Å². The van der Waals surface area contributed by atoms with E-state index in [0.29, 0.717) is 36.1 Å². The molecule has 1 unspecified atom stereocenters. The summed E-state index contributed by atoms with van der Waals surface area (Å²) in [6.45, 7) is 7.29. The predicted octanol–water partition coefficient (Wildman–Crippen LogP) is 3.65. The Kier molecular flexibility index (Phi) is 8.32. The van der Waals surface area contributed by atoms with Gasteiger partial charge >= 0.3 is 0 Å². The van der Waals surface area contributed by atoms with Crippen LogP contribution in [0, 0.1) is 11.7 Å². The van der Waals surface area contributed by atoms with E-state index >= 15 is 0 Å². The molecule has 1 amide bonds. The zero-order valence-electron chi connectivity index (χ0n) is 18.8. The van der Waals surface area contributed by atoms with Crippen molar-refractivity contribution in [2.75, 3.05) is 23.8 Å². The van der Waals surface area contributed by atoms with E-state index < -0.39 is 9.84 Å². The molecule has 176 valence electrons. The topological polar surface area (TPSA) is 85.2 Å². The minimum atomic E-state index is -3.08. The molecule has 3 rings (SSSR count). The first-order valence-electron chi connectivity index (χ1n) is 11.0. The van der Waals surface area contributed by atoms with Gasteiger partial charge in [-0.25, -0.2) is 12.8 Å². The number of thioether (sulfide) groups is 1. The molecular weight excluding hydrogens is 451 g/mol. The molecule has 1 fully saturated rings. The lowest BCUT2D eigenvalue weighted by Crippen LogP contribution is -2.42. The summed E-state index contributed by atoms with van der Waals surface area (Å²) in [5.41, 5.74) is 0.375. The predicted molar refractivity (Wildman–Crippen MR) is 125 cm³/mol. The molecule has 32 heavy (non-hydrogen) atoms. The van der Waals surface area contributed by atoms with Crippen molar-refractivity contribution in [3.63, 3.8) is 0 Å². The van der Waals surface area contributed by atoms with Crippen molar-refractivity contribution in [2.24, 2.45) is 5.92 Å². The van der Waals surface area contributed by atoms with Gasteiger partial charge in [0.1, 0.15) is 5.82 Å². The quantitative estimate of drug-likeness (QED) is 0.481. The lowest BCUT2D eigenvalue weighted by atomic mass is 10.2. The Morgan fingerprint density at radius 2 is 2.06 bits per heavy atom. The van der Waals surface area contributed by atoms with Crippen molar-refractivity contribution in [1.82, 2.24) is 19.7 Å². The number of sulfone groups is 1. The van der Waals surface area contributed by atoms with Gasteiger partial charge in [0.2, 0.25) is 5.91 Å². The third-order valence-electron chi connectivity index (χ3n) is 5.43. The second-order valence-electron chi connectivity index (χ2n) is 8.58. The molecule has 1 saturated heterocycles. The zero-order valence-corrected chi connectivity index (χ0v) is 20.5. The van der Waals surface area contributed by atoms with Gasteiger partial charge in [-0.3, -0.25) is 4.79 Å². The SMILES string of the molecule is CCCCN(C(=O)CSc1nnc(-c2ccccc2F)n1CC(C)C)C1CCS(=O)(=O)C1. The summed E-state index contributed by atoms with van der Waals surface area (Å²) in [7, 11) is -3.08. The average Bonchev–Trinajstić information content (AvgIpc) is 3.29. The maximum Gasteiger partial charge on any atom is 0.233 e. The molecule has 0 bridgehead atoms. The molecule has 1 atom stereocenters. The largest absolute Gasteiger partial charge is 0.338 e. The van der Waals surface area contributed by atoms with E-state index in [4.69, 9.17) is 0 Å². The molecule has 2 heterocycles. The number of aromatic nitrogens is 3. The minimum Gasteiger partial charge on any atom is -0.338 e. The Balaban J connectivity index is 1.78. The third kappa shape index (κ3) is 6.10. The van der Waals surface area contributed by atoms with E-state index in [-0.39, 0.29) is 40.9 Å². The summed E-state index contributed by atoms with van der Waals surface area (Å²) in [5, 5.41) is 9.02. The van der Waals surface area contributed by atoms with Crippen molar-refractivity contribution in [3.8, 4) is 11.4 Å². The van der Waals surface area contributed by atoms with Gasteiger partial charge in [0.25, 0.3) is 0 Å². The van der Waals surface area contributed by atoms with E-state index in [2.05, 4.69) is 24.0 Å². The van der Waals surface area contributed by atoms with E-state index in [1.54, 1.807) is 23.1 Å². The highest BCUT2D eigenvalue weighted by atomic mass is 32.2. The Morgan fingerprint density at radius 1 is 1.31 bits per heavy atom. The number of carbonyl (C=O) groups excluding carboxylic acids is 1. The smallest absolute Gasteiger partial charge is 0.233 e. The van der Waals surface area contributed by atoms with E-state index in [1.807, 2.05) is 11.5 Å². The summed E-state index contributed by atoms with van der Waals surface area (Å²) >= 11 is 1.27. The van der Waals surface area contributed by atoms with Gasteiger partial charge in [-0.15, -0.1) is 10.2 Å². The Morgan fingerprint density at radius 3 is 2.69 bits per heavy atom. The van der Waals surface area contributed by atoms with Crippen LogP contribution in [0.25, 0.3) is 11.4 Å². The molecule has 0 spiro atoms. The highest BCUT2D eigenvalue weighted by Gasteiger charge is 2.34. The highest BCUT2D eigenvalue weighted by Crippen LogP contribution is 2.28. The van der Waals surface area contributed by atoms with E-state index in [1.165, 1.54) is 17.8 Å². The van der Waals surface area contributed by atoms with Crippen molar-refractivity contribution in [3.05, 3.63) is 30.1 Å². The van der Waals surface area contributed by atoms with E-state index in [9.17, 15) is 17.6 Å². The number of hydrogen-bond acceptors (Lipinski definition) is 6. The second-order valence-corrected chi connectivity index (χ2v) is 11.7. The molecule has 0 saturated carbocycles. The molecule has 0 N–H and O–H groups in total. The molecule has 7 nitrogen and oxygen atoms in total. The monoisotopic (exact) mass is 482 g/mol. The normalized spacial score (nSPS) is 17.7. The molecular formula is C22H31FN4O3S2. The Hall–Kier alpha value is -1.94. The number of nitrogens with zero attached hydrogens (tertiary/aromatic N) is 4. The van der Waals surface area contributed by atoms with Crippen LogP contribution in [0.2, 0.25) is 0 Å². The van der Waals surface area contributed by atoms with E-state index in [0.717, 1.165) is 12.8 Å². The number of halogens is 1. The fourth-order valence-electron chi connectivity index (χ4n) is 3.84. The summed E-state index contributed by atoms with van der Waals surface area (Å²) in [6.07, 6.45) is 2.24. The Bertz CT molecular complexity index is 1040. The maximum atomic E-state index is 14.4. The molecule has 0 radical (unpaired) electrons. The number of hydrogen-bond donors (Lipinski definition) is 0. The highest BCUT2D eigenvalue weighted by molar-refractivity contribution is 7.99. The summed E-state index contributed by atoms with van der Waals surface area (Å²) in [4.78, 5) is 14.8. The first-order valence-corrected chi connectivity index (χ1v) is 13.8. The first-order chi connectivity index (χ1) is 15.2. The molecule has 1 aromatic carbocycles. The number of carbonyl (C=O) groups is 1. The summed E-state index contributed by atoms with van der Waals surface area (Å²) in [5.74, 6) is 0.549. The maximum absolute atomic E-state index is 14.4. The van der Waals surface area contributed by atoms with Crippen LogP contribution in [0.3, 0.4) is 0 Å². The molecule has 1 aliphatic heterocycles. The molecule has 0 aliphatic carbocycles. The number of rotatable bonds is 10. The second kappa shape index (κ2) is 10.8. The lowest BCUT2D eigenvalue weighted by molar-refractivity contribution is -0.130. The first kappa shape index (κ1) is 24.7.